The first-order valence-corrected chi connectivity index (χ1v) is 6.18. The first-order valence-electron chi connectivity index (χ1n) is 4.93. The molecule has 6 nitrogen and oxygen atoms in total. The van der Waals surface area contributed by atoms with Gasteiger partial charge in [0.25, 0.3) is 5.56 Å². The molecule has 0 aromatic carbocycles. The van der Waals surface area contributed by atoms with Crippen LogP contribution in [-0.2, 0) is 4.74 Å². The van der Waals surface area contributed by atoms with Crippen LogP contribution in [0.25, 0.3) is 0 Å². The van der Waals surface area contributed by atoms with Crippen molar-refractivity contribution in [3.8, 4) is 0 Å². The number of alkyl halides is 1. The normalized spacial score (nSPS) is 26.1. The van der Waals surface area contributed by atoms with E-state index in [0.29, 0.717) is 13.0 Å². The van der Waals surface area contributed by atoms with Gasteiger partial charge in [-0.3, -0.25) is 14.3 Å². The van der Waals surface area contributed by atoms with E-state index >= 15 is 0 Å². The number of nitrogens with zero attached hydrogens (tertiary/aromatic N) is 1. The van der Waals surface area contributed by atoms with Gasteiger partial charge in [0.2, 0.25) is 5.82 Å². The van der Waals surface area contributed by atoms with Gasteiger partial charge in [-0.1, -0.05) is 22.6 Å². The maximum Gasteiger partial charge on any atom is 0.330 e. The van der Waals surface area contributed by atoms with Gasteiger partial charge in [-0.05, 0) is 0 Å². The maximum absolute atomic E-state index is 13.1. The molecule has 1 aromatic heterocycles. The number of nitrogens with one attached hydrogen (secondary N) is 1. The summed E-state index contributed by atoms with van der Waals surface area (Å²) < 4.78 is 18.8. The fraction of sp³-hybridized carbons (Fsp3) is 0.556. The summed E-state index contributed by atoms with van der Waals surface area (Å²) in [6, 6.07) is 0. The highest BCUT2D eigenvalue weighted by Crippen LogP contribution is 2.30. The molecule has 0 spiro atoms. The SMILES string of the molecule is O=c1[nH]c(=O)n(C2CC(C(O)I)CO2)cc1F. The number of aromatic amines is 1. The van der Waals surface area contributed by atoms with E-state index in [9.17, 15) is 19.1 Å². The summed E-state index contributed by atoms with van der Waals surface area (Å²) >= 11 is 1.85. The summed E-state index contributed by atoms with van der Waals surface area (Å²) in [6.45, 7) is 0.294. The summed E-state index contributed by atoms with van der Waals surface area (Å²) in [4.78, 5) is 24.2. The predicted octanol–water partition coefficient (Wildman–Crippen LogP) is -0.0358. The van der Waals surface area contributed by atoms with Crippen LogP contribution in [0.15, 0.2) is 15.8 Å². The van der Waals surface area contributed by atoms with Crippen LogP contribution >= 0.6 is 22.6 Å². The van der Waals surface area contributed by atoms with Crippen LogP contribution in [0.5, 0.6) is 0 Å². The Bertz CT molecular complexity index is 526. The Hall–Kier alpha value is -0.740. The third-order valence-electron chi connectivity index (χ3n) is 2.63. The summed E-state index contributed by atoms with van der Waals surface area (Å²) in [6.07, 6.45) is 0.576. The molecule has 0 saturated carbocycles. The number of aliphatic hydroxyl groups is 1. The maximum atomic E-state index is 13.1. The van der Waals surface area contributed by atoms with E-state index in [-0.39, 0.29) is 5.92 Å². The van der Waals surface area contributed by atoms with Crippen molar-refractivity contribution < 1.29 is 14.2 Å². The van der Waals surface area contributed by atoms with Gasteiger partial charge >= 0.3 is 5.69 Å². The molecule has 1 aliphatic rings. The Labute approximate surface area is 109 Å². The third-order valence-corrected chi connectivity index (χ3v) is 3.65. The third kappa shape index (κ3) is 2.58. The lowest BCUT2D eigenvalue weighted by molar-refractivity contribution is 0.0476. The smallest absolute Gasteiger partial charge is 0.330 e. The molecule has 94 valence electrons. The molecule has 3 unspecified atom stereocenters. The molecule has 1 aliphatic heterocycles. The van der Waals surface area contributed by atoms with Crippen LogP contribution in [0, 0.1) is 11.7 Å². The van der Waals surface area contributed by atoms with Gasteiger partial charge in [0.1, 0.15) is 10.3 Å². The molecule has 0 amide bonds. The van der Waals surface area contributed by atoms with Crippen molar-refractivity contribution in [2.45, 2.75) is 16.8 Å². The van der Waals surface area contributed by atoms with Gasteiger partial charge in [0.15, 0.2) is 0 Å². The van der Waals surface area contributed by atoms with Crippen LogP contribution in [-0.4, -0.2) is 25.4 Å². The average molecular weight is 356 g/mol. The topological polar surface area (TPSA) is 84.3 Å². The number of ether oxygens (including phenoxy) is 1. The summed E-state index contributed by atoms with van der Waals surface area (Å²) in [5.41, 5.74) is -1.76. The lowest BCUT2D eigenvalue weighted by Crippen LogP contribution is -2.33. The largest absolute Gasteiger partial charge is 0.382 e. The van der Waals surface area contributed by atoms with Crippen molar-refractivity contribution in [2.24, 2.45) is 5.92 Å². The Morgan fingerprint density at radius 3 is 2.94 bits per heavy atom. The molecule has 1 fully saturated rings. The second-order valence-electron chi connectivity index (χ2n) is 3.80. The van der Waals surface area contributed by atoms with Crippen molar-refractivity contribution >= 4 is 22.6 Å². The molecule has 0 aliphatic carbocycles. The average Bonchev–Trinajstić information content (AvgIpc) is 2.72. The number of H-pyrrole nitrogens is 1. The minimum atomic E-state index is -1.05. The van der Waals surface area contributed by atoms with Crippen molar-refractivity contribution in [3.05, 3.63) is 32.9 Å². The molecule has 2 rings (SSSR count). The van der Waals surface area contributed by atoms with Crippen molar-refractivity contribution in [1.82, 2.24) is 9.55 Å². The molecule has 3 atom stereocenters. The second kappa shape index (κ2) is 4.86. The molecule has 0 radical (unpaired) electrons. The van der Waals surface area contributed by atoms with Gasteiger partial charge < -0.3 is 9.84 Å². The van der Waals surface area contributed by atoms with Crippen LogP contribution in [0.1, 0.15) is 12.6 Å². The van der Waals surface area contributed by atoms with Gasteiger partial charge in [0, 0.05) is 12.3 Å². The molecular weight excluding hydrogens is 346 g/mol. The fourth-order valence-corrected chi connectivity index (χ4v) is 2.19. The van der Waals surface area contributed by atoms with Gasteiger partial charge in [-0.2, -0.15) is 4.39 Å². The number of hydrogen-bond acceptors (Lipinski definition) is 4. The predicted molar refractivity (Wildman–Crippen MR) is 64.4 cm³/mol. The fourth-order valence-electron chi connectivity index (χ4n) is 1.69. The van der Waals surface area contributed by atoms with Crippen molar-refractivity contribution in [1.29, 1.82) is 0 Å². The zero-order chi connectivity index (χ0) is 12.6. The Morgan fingerprint density at radius 1 is 1.65 bits per heavy atom. The van der Waals surface area contributed by atoms with Gasteiger partial charge in [0.05, 0.1) is 12.8 Å². The minimum Gasteiger partial charge on any atom is -0.382 e. The lowest BCUT2D eigenvalue weighted by atomic mass is 10.1. The van der Waals surface area contributed by atoms with E-state index in [0.717, 1.165) is 10.8 Å². The monoisotopic (exact) mass is 356 g/mol. The van der Waals surface area contributed by atoms with E-state index in [1.54, 1.807) is 0 Å². The Kier molecular flexibility index (Phi) is 3.64. The van der Waals surface area contributed by atoms with Crippen LogP contribution in [0.3, 0.4) is 0 Å². The quantitative estimate of drug-likeness (QED) is 0.576. The zero-order valence-corrected chi connectivity index (χ0v) is 10.8. The summed E-state index contributed by atoms with van der Waals surface area (Å²) in [5.74, 6) is -1.14. The number of halogens is 2. The van der Waals surface area contributed by atoms with E-state index in [1.165, 1.54) is 0 Å². The number of hydrogen-bond donors (Lipinski definition) is 2. The minimum absolute atomic E-state index is 0.109. The van der Waals surface area contributed by atoms with Crippen molar-refractivity contribution in [2.75, 3.05) is 6.61 Å². The van der Waals surface area contributed by atoms with E-state index in [1.807, 2.05) is 27.6 Å². The molecule has 0 bridgehead atoms. The highest BCUT2D eigenvalue weighted by atomic mass is 127. The molecule has 2 heterocycles. The van der Waals surface area contributed by atoms with Gasteiger partial charge in [-0.25, -0.2) is 4.79 Å². The first kappa shape index (κ1) is 12.7. The molecule has 2 N–H and O–H groups in total. The highest BCUT2D eigenvalue weighted by molar-refractivity contribution is 14.1. The number of aromatic nitrogens is 2. The standard InChI is InChI=1S/C9H10FIN2O4/c10-5-2-13(9(16)12-8(5)15)6-1-4(3-17-6)7(11)14/h2,4,6-7,14H,1,3H2,(H,12,15,16). The summed E-state index contributed by atoms with van der Waals surface area (Å²) in [5, 5.41) is 9.37. The molecule has 8 heteroatoms. The molecule has 1 saturated heterocycles. The highest BCUT2D eigenvalue weighted by Gasteiger charge is 2.31. The second-order valence-corrected chi connectivity index (χ2v) is 5.08. The first-order chi connectivity index (χ1) is 7.99. The van der Waals surface area contributed by atoms with Crippen LogP contribution in [0.2, 0.25) is 0 Å². The number of aliphatic hydroxyl groups excluding tert-OH is 1. The lowest BCUT2D eigenvalue weighted by Gasteiger charge is -2.12. The Morgan fingerprint density at radius 2 is 2.35 bits per heavy atom. The van der Waals surface area contributed by atoms with Crippen molar-refractivity contribution in [3.63, 3.8) is 0 Å². The molecular formula is C9H10FIN2O4. The Balaban J connectivity index is 2.28. The number of rotatable bonds is 2. The van der Waals surface area contributed by atoms with Crippen LogP contribution in [0.4, 0.5) is 4.39 Å². The van der Waals surface area contributed by atoms with E-state index in [2.05, 4.69) is 0 Å². The van der Waals surface area contributed by atoms with Gasteiger partial charge in [-0.15, -0.1) is 0 Å². The zero-order valence-electron chi connectivity index (χ0n) is 8.60. The van der Waals surface area contributed by atoms with Crippen LogP contribution < -0.4 is 11.2 Å². The molecule has 17 heavy (non-hydrogen) atoms. The van der Waals surface area contributed by atoms with E-state index in [4.69, 9.17) is 4.74 Å². The summed E-state index contributed by atoms with van der Waals surface area (Å²) in [7, 11) is 0. The molecule has 1 aromatic rings. The van der Waals surface area contributed by atoms with E-state index < -0.39 is 27.4 Å².